The summed E-state index contributed by atoms with van der Waals surface area (Å²) in [5.74, 6) is 0.970. The predicted octanol–water partition coefficient (Wildman–Crippen LogP) is 24.1. The number of para-hydroxylation sites is 2. The minimum atomic E-state index is -0.656. The predicted molar refractivity (Wildman–Crippen MR) is 537 cm³/mol. The van der Waals surface area contributed by atoms with Crippen LogP contribution in [0.25, 0.3) is 131 Å². The lowest BCUT2D eigenvalue weighted by Crippen LogP contribution is -2.46. The molecule has 702 valence electrons. The Morgan fingerprint density at radius 2 is 0.754 bits per heavy atom. The van der Waals surface area contributed by atoms with Crippen LogP contribution in [-0.2, 0) is 79.4 Å². The summed E-state index contributed by atoms with van der Waals surface area (Å²) < 4.78 is 51.7. The Kier molecular flexibility index (Phi) is 24.0. The molecule has 0 N–H and O–H groups in total. The van der Waals surface area contributed by atoms with Crippen LogP contribution >= 0.6 is 0 Å². The second-order valence-electron chi connectivity index (χ2n) is 40.1. The highest BCUT2D eigenvalue weighted by Gasteiger charge is 2.55. The van der Waals surface area contributed by atoms with Gasteiger partial charge < -0.3 is 23.9 Å². The largest absolute Gasteiger partial charge is 0.477 e. The lowest BCUT2D eigenvalue weighted by molar-refractivity contribution is -0.122. The first-order valence-corrected chi connectivity index (χ1v) is 48.9. The van der Waals surface area contributed by atoms with Crippen LogP contribution < -0.4 is 4.74 Å². The third-order valence-electron chi connectivity index (χ3n) is 32.2. The number of pyridine rings is 4. The Morgan fingerprint density at radius 1 is 0.352 bits per heavy atom. The number of fused-ring (bicyclic) bond motifs is 16. The number of carbonyl (C=O) groups excluding carboxylic acids is 4. The van der Waals surface area contributed by atoms with Gasteiger partial charge in [-0.1, -0.05) is 177 Å². The molecule has 14 aromatic rings. The third-order valence-corrected chi connectivity index (χ3v) is 32.2. The van der Waals surface area contributed by atoms with Crippen LogP contribution in [0.15, 0.2) is 242 Å². The third kappa shape index (κ3) is 15.6. The smallest absolute Gasteiger partial charge is 0.226 e. The van der Waals surface area contributed by atoms with E-state index in [0.717, 1.165) is 162 Å². The highest BCUT2D eigenvalue weighted by molar-refractivity contribution is 6.04. The number of halogens is 3. The number of hydrogen-bond donors (Lipinski definition) is 0. The van der Waals surface area contributed by atoms with E-state index in [0.29, 0.717) is 94.7 Å². The van der Waals surface area contributed by atoms with Gasteiger partial charge in [0.25, 0.3) is 0 Å². The molecule has 0 aliphatic heterocycles. The second-order valence-corrected chi connectivity index (χ2v) is 40.1. The molecule has 1 saturated carbocycles. The van der Waals surface area contributed by atoms with Gasteiger partial charge in [0.2, 0.25) is 28.7 Å². The molecule has 0 unspecified atom stereocenters. The summed E-state index contributed by atoms with van der Waals surface area (Å²) in [7, 11) is 0. The van der Waals surface area contributed by atoms with Gasteiger partial charge in [-0.3, -0.25) is 19.9 Å². The SMILES string of the molecule is [C-]#[N+]C1=C[C@@]2(C)c3nc(-c4cccc5cccnc45)nc(-c4ccccc4F)c3CC[C@@H]2[C@@H](C)C1=O.[C-]#[N+]C1=C[C@@]2(C)c3nc(-c4cccc5cnccc45)nc(-c4ccccc4F)c3CC[C@@H]2[C@@H](C)C1=O.[C-]#[N+]C1=C[C@@]2(C)c3nc(-c4ccnc5c4CCC5)nc(-c4ccccc4F)c3CC[C@@H]2[C@@H](C)C1=O.[C-]#[N+]C1=C[C@@]2(C)c3nc(-c4ccnc5ccccc45)nc(OCC4CCC4)c3CC[C@@H]2[C@@H](C)C1=O. The lowest BCUT2D eigenvalue weighted by atomic mass is 9.58. The minimum absolute atomic E-state index is 0.00376. The quantitative estimate of drug-likeness (QED) is 0.115. The Bertz CT molecular complexity index is 7760. The lowest BCUT2D eigenvalue weighted by Gasteiger charge is -2.46. The van der Waals surface area contributed by atoms with Crippen molar-refractivity contribution in [2.75, 3.05) is 6.61 Å². The maximum atomic E-state index is 15.1. The number of Topliss-reactive ketones (excluding diaryl/α,β-unsaturated/α-hetero) is 4. The summed E-state index contributed by atoms with van der Waals surface area (Å²) >= 11 is 0. The number of ether oxygens (including phenoxy) is 1. The molecule has 0 spiro atoms. The number of aromatic nitrogens is 12. The maximum Gasteiger partial charge on any atom is 0.226 e. The fourth-order valence-corrected chi connectivity index (χ4v) is 24.6. The molecular formula is C118H99F3N16O5. The number of allylic oxidation sites excluding steroid dienone is 8. The average Bonchev–Trinajstić information content (AvgIpc) is 0.989. The fraction of sp³-hybridized carbons (Fsp3) is 0.305. The molecule has 0 amide bonds. The molecule has 10 aliphatic rings. The standard InChI is InChI=1S/2C30H23FN4O.C29H25FN4O.C29H28N4O2/c1-17-22-14-13-20-26(19-10-4-5-12-23(19)31)34-29(21-11-6-8-18-9-7-15-33-25(18)21)35-28(20)30(22,2)16-24(32-3)27(17)36;1-17-23-12-11-22-26(21-8-4-5-10-24(21)31)34-29(20-9-6-7-18-16-33-14-13-19(18)20)35-28(22)30(23,2)15-25(32-3)27(17)36;1-16-21-12-11-20-25(19-7-4-5-9-22(19)30)33-28(18-13-14-32-23-10-6-8-17(18)23)34-27(20)29(21,2)15-24(31-3)26(16)35;1-17-22-12-11-21-26(29(22,2)15-24(30-3)25(17)34)32-27(33-28(21)35-16-18-7-6-8-18)20-13-14-31-23-10-5-4-9-19(20)23/h4-12,15-17,22H,13-14H2,1-2H3;4-10,13-17,23H,11-12H2,1-2H3;4-5,7,9,13-16,21H,6,8,10-12H2,1-2H3;4-5,9-10,13-15,17-18,22H,6-8,11-12,16H2,1-2H3/t17-,22-,30-;17-,23-,30-;16-,21-,29-;17-,22-,29-/m1111/s1. The monoisotopic (exact) mass is 1880 g/mol. The first-order chi connectivity index (χ1) is 68.7. The number of carbonyl (C=O) groups is 4. The van der Waals surface area contributed by atoms with E-state index in [1.807, 2.05) is 150 Å². The van der Waals surface area contributed by atoms with Crippen LogP contribution in [-0.4, -0.2) is 89.5 Å². The number of benzene rings is 6. The zero-order valence-corrected chi connectivity index (χ0v) is 79.9. The van der Waals surface area contributed by atoms with E-state index in [2.05, 4.69) is 60.1 Å². The Balaban J connectivity index is 0.000000112. The van der Waals surface area contributed by atoms with Crippen molar-refractivity contribution < 1.29 is 37.1 Å². The van der Waals surface area contributed by atoms with Crippen molar-refractivity contribution in [3.8, 4) is 85.2 Å². The minimum Gasteiger partial charge on any atom is -0.477 e. The molecule has 8 heterocycles. The highest BCUT2D eigenvalue weighted by atomic mass is 19.1. The van der Waals surface area contributed by atoms with Crippen molar-refractivity contribution in [2.45, 2.75) is 167 Å². The molecule has 12 atom stereocenters. The van der Waals surface area contributed by atoms with E-state index in [1.165, 1.54) is 37.5 Å². The normalized spacial score (nSPS) is 24.1. The molecule has 21 nitrogen and oxygen atoms in total. The summed E-state index contributed by atoms with van der Waals surface area (Å²) in [6, 6.07) is 49.5. The molecule has 0 bridgehead atoms. The van der Waals surface area contributed by atoms with Crippen LogP contribution in [0.2, 0.25) is 0 Å². The number of aryl methyl sites for hydroxylation is 1. The maximum absolute atomic E-state index is 15.1. The van der Waals surface area contributed by atoms with Crippen molar-refractivity contribution >= 4 is 55.7 Å². The van der Waals surface area contributed by atoms with Gasteiger partial charge in [-0.2, -0.15) is 4.98 Å². The summed E-state index contributed by atoms with van der Waals surface area (Å²) in [5.41, 5.74) is 15.5. The van der Waals surface area contributed by atoms with Crippen LogP contribution in [0.3, 0.4) is 0 Å². The van der Waals surface area contributed by atoms with Crippen molar-refractivity contribution in [1.29, 1.82) is 0 Å². The van der Waals surface area contributed by atoms with E-state index in [9.17, 15) is 19.2 Å². The first-order valence-electron chi connectivity index (χ1n) is 48.9. The summed E-state index contributed by atoms with van der Waals surface area (Å²) in [4.78, 5) is 124. The Morgan fingerprint density at radius 3 is 1.23 bits per heavy atom. The Hall–Kier alpha value is -15.8. The van der Waals surface area contributed by atoms with E-state index >= 15 is 13.2 Å². The number of rotatable bonds is 10. The molecule has 6 aromatic carbocycles. The van der Waals surface area contributed by atoms with E-state index in [-0.39, 0.29) is 111 Å². The molecule has 142 heavy (non-hydrogen) atoms. The van der Waals surface area contributed by atoms with Gasteiger partial charge in [0.15, 0.2) is 46.4 Å². The number of nitrogens with zero attached hydrogens (tertiary/aromatic N) is 16. The number of hydrogen-bond acceptors (Lipinski definition) is 17. The first kappa shape index (κ1) is 92.6. The molecule has 10 aliphatic carbocycles. The molecular weight excluding hydrogens is 1780 g/mol. The highest BCUT2D eigenvalue weighted by Crippen LogP contribution is 2.58. The van der Waals surface area contributed by atoms with Gasteiger partial charge in [0.05, 0.1) is 83.8 Å². The average molecular weight is 1880 g/mol. The van der Waals surface area contributed by atoms with Crippen molar-refractivity contribution in [2.24, 2.45) is 53.3 Å². The summed E-state index contributed by atoms with van der Waals surface area (Å²) in [6.45, 7) is 47.1. The molecule has 0 saturated heterocycles. The summed E-state index contributed by atoms with van der Waals surface area (Å²) in [5, 5.41) is 3.86. The van der Waals surface area contributed by atoms with E-state index < -0.39 is 21.7 Å². The van der Waals surface area contributed by atoms with Gasteiger partial charge in [-0.05, 0) is 197 Å². The van der Waals surface area contributed by atoms with Crippen LogP contribution in [0.5, 0.6) is 5.88 Å². The van der Waals surface area contributed by atoms with Crippen LogP contribution in [0.1, 0.15) is 163 Å². The van der Waals surface area contributed by atoms with Crippen molar-refractivity contribution in [1.82, 2.24) is 59.8 Å². The van der Waals surface area contributed by atoms with E-state index in [4.69, 9.17) is 70.9 Å². The summed E-state index contributed by atoms with van der Waals surface area (Å²) in [6.07, 6.45) is 28.4. The van der Waals surface area contributed by atoms with Gasteiger partial charge in [0, 0.05) is 159 Å². The van der Waals surface area contributed by atoms with Crippen molar-refractivity contribution in [3.63, 3.8) is 0 Å². The van der Waals surface area contributed by atoms with Crippen molar-refractivity contribution in [3.05, 3.63) is 361 Å². The molecule has 8 aromatic heterocycles. The van der Waals surface area contributed by atoms with Crippen LogP contribution in [0.4, 0.5) is 13.2 Å². The number of ketones is 4. The zero-order chi connectivity index (χ0) is 98.5. The van der Waals surface area contributed by atoms with Gasteiger partial charge in [-0.25, -0.2) is 67.4 Å². The molecule has 24 heteroatoms. The van der Waals surface area contributed by atoms with Gasteiger partial charge in [0.1, 0.15) is 17.5 Å². The second kappa shape index (κ2) is 36.8. The molecule has 0 radical (unpaired) electrons. The van der Waals surface area contributed by atoms with Gasteiger partial charge >= 0.3 is 0 Å². The molecule has 1 fully saturated rings. The molecule has 24 rings (SSSR count). The fourth-order valence-electron chi connectivity index (χ4n) is 24.6. The zero-order valence-electron chi connectivity index (χ0n) is 79.9. The Labute approximate surface area is 821 Å². The van der Waals surface area contributed by atoms with E-state index in [1.54, 1.807) is 85.6 Å². The van der Waals surface area contributed by atoms with Gasteiger partial charge in [-0.15, -0.1) is 0 Å². The van der Waals surface area contributed by atoms with Crippen LogP contribution in [0, 0.1) is 97.0 Å². The topological polar surface area (TPSA) is 250 Å².